The van der Waals surface area contributed by atoms with Crippen LogP contribution in [0, 0.1) is 10.5 Å². The Morgan fingerprint density at radius 3 is 2.81 bits per heavy atom. The van der Waals surface area contributed by atoms with Crippen molar-refractivity contribution in [2.45, 2.75) is 32.7 Å². The predicted octanol–water partition coefficient (Wildman–Crippen LogP) is 2.67. The molecule has 16 heavy (non-hydrogen) atoms. The van der Waals surface area contributed by atoms with E-state index in [1.54, 1.807) is 0 Å². The quantitative estimate of drug-likeness (QED) is 0.833. The van der Waals surface area contributed by atoms with Crippen LogP contribution in [0.1, 0.15) is 25.3 Å². The summed E-state index contributed by atoms with van der Waals surface area (Å²) in [5.41, 5.74) is 7.77. The van der Waals surface area contributed by atoms with Crippen molar-refractivity contribution >= 4 is 34.2 Å². The highest BCUT2D eigenvalue weighted by molar-refractivity contribution is 14.1. The normalized spacial score (nSPS) is 12.2. The van der Waals surface area contributed by atoms with Crippen LogP contribution < -0.4 is 11.1 Å². The van der Waals surface area contributed by atoms with Gasteiger partial charge in [-0.05, 0) is 53.6 Å². The van der Waals surface area contributed by atoms with E-state index in [1.165, 1.54) is 5.56 Å². The first-order chi connectivity index (χ1) is 7.52. The summed E-state index contributed by atoms with van der Waals surface area (Å²) in [5.74, 6) is -0.0194. The monoisotopic (exact) mass is 332 g/mol. The molecule has 0 fully saturated rings. The maximum Gasteiger partial charge on any atom is 0.225 e. The fourth-order valence-electron chi connectivity index (χ4n) is 1.27. The third kappa shape index (κ3) is 4.09. The SMILES string of the molecule is CCC(N)CC(=O)Nc1ccc(C)c(I)c1. The molecule has 0 heterocycles. The summed E-state index contributed by atoms with van der Waals surface area (Å²) in [6, 6.07) is 5.82. The largest absolute Gasteiger partial charge is 0.327 e. The van der Waals surface area contributed by atoms with Crippen LogP contribution in [-0.4, -0.2) is 11.9 Å². The molecule has 1 atom stereocenters. The minimum Gasteiger partial charge on any atom is -0.327 e. The van der Waals surface area contributed by atoms with Gasteiger partial charge in [0.1, 0.15) is 0 Å². The number of halogens is 1. The first-order valence-corrected chi connectivity index (χ1v) is 6.42. The van der Waals surface area contributed by atoms with Crippen molar-refractivity contribution in [3.63, 3.8) is 0 Å². The molecule has 0 spiro atoms. The molecule has 4 heteroatoms. The number of benzene rings is 1. The standard InChI is InChI=1S/C12H17IN2O/c1-3-9(14)6-12(16)15-10-5-4-8(2)11(13)7-10/h4-5,7,9H,3,6,14H2,1-2H3,(H,15,16). The van der Waals surface area contributed by atoms with Gasteiger partial charge in [0.25, 0.3) is 0 Å². The molecule has 1 amide bonds. The van der Waals surface area contributed by atoms with Crippen LogP contribution in [0.25, 0.3) is 0 Å². The molecule has 3 N–H and O–H groups in total. The molecule has 0 radical (unpaired) electrons. The molecule has 0 aliphatic rings. The van der Waals surface area contributed by atoms with Crippen LogP contribution in [0.2, 0.25) is 0 Å². The topological polar surface area (TPSA) is 55.1 Å². The second-order valence-corrected chi connectivity index (χ2v) is 5.05. The Balaban J connectivity index is 2.59. The van der Waals surface area contributed by atoms with Gasteiger partial charge in [-0.1, -0.05) is 13.0 Å². The summed E-state index contributed by atoms with van der Waals surface area (Å²) in [7, 11) is 0. The maximum absolute atomic E-state index is 11.6. The molecule has 1 rings (SSSR count). The van der Waals surface area contributed by atoms with Crippen molar-refractivity contribution in [2.24, 2.45) is 5.73 Å². The first-order valence-electron chi connectivity index (χ1n) is 5.34. The minimum absolute atomic E-state index is 0.0194. The van der Waals surface area contributed by atoms with Crippen LogP contribution in [0.15, 0.2) is 18.2 Å². The fraction of sp³-hybridized carbons (Fsp3) is 0.417. The molecule has 0 bridgehead atoms. The maximum atomic E-state index is 11.6. The summed E-state index contributed by atoms with van der Waals surface area (Å²) in [6.45, 7) is 4.02. The number of nitrogens with one attached hydrogen (secondary N) is 1. The number of anilines is 1. The van der Waals surface area contributed by atoms with Crippen LogP contribution >= 0.6 is 22.6 Å². The van der Waals surface area contributed by atoms with Crippen molar-refractivity contribution in [1.29, 1.82) is 0 Å². The van der Waals surface area contributed by atoms with Gasteiger partial charge in [-0.25, -0.2) is 0 Å². The number of aryl methyl sites for hydroxylation is 1. The fourth-order valence-corrected chi connectivity index (χ4v) is 1.78. The zero-order chi connectivity index (χ0) is 12.1. The van der Waals surface area contributed by atoms with Gasteiger partial charge in [0.2, 0.25) is 5.91 Å². The molecule has 1 unspecified atom stereocenters. The van der Waals surface area contributed by atoms with Crippen LogP contribution in [0.4, 0.5) is 5.69 Å². The smallest absolute Gasteiger partial charge is 0.225 e. The number of hydrogen-bond acceptors (Lipinski definition) is 2. The lowest BCUT2D eigenvalue weighted by Gasteiger charge is -2.10. The Kier molecular flexibility index (Phi) is 5.21. The Morgan fingerprint density at radius 2 is 2.25 bits per heavy atom. The average molecular weight is 332 g/mol. The van der Waals surface area contributed by atoms with E-state index in [-0.39, 0.29) is 11.9 Å². The van der Waals surface area contributed by atoms with Gasteiger partial charge in [0, 0.05) is 21.7 Å². The van der Waals surface area contributed by atoms with E-state index in [2.05, 4.69) is 27.9 Å². The Morgan fingerprint density at radius 1 is 1.56 bits per heavy atom. The first kappa shape index (κ1) is 13.4. The summed E-state index contributed by atoms with van der Waals surface area (Å²) in [5, 5.41) is 2.85. The number of amides is 1. The number of rotatable bonds is 4. The highest BCUT2D eigenvalue weighted by atomic mass is 127. The van der Waals surface area contributed by atoms with Crippen molar-refractivity contribution in [1.82, 2.24) is 0 Å². The zero-order valence-electron chi connectivity index (χ0n) is 9.59. The van der Waals surface area contributed by atoms with Crippen LogP contribution in [0.3, 0.4) is 0 Å². The van der Waals surface area contributed by atoms with Crippen molar-refractivity contribution in [3.8, 4) is 0 Å². The van der Waals surface area contributed by atoms with E-state index in [1.807, 2.05) is 32.0 Å². The third-order valence-corrected chi connectivity index (χ3v) is 3.59. The van der Waals surface area contributed by atoms with E-state index in [9.17, 15) is 4.79 Å². The van der Waals surface area contributed by atoms with Gasteiger partial charge in [-0.15, -0.1) is 0 Å². The minimum atomic E-state index is -0.0514. The summed E-state index contributed by atoms with van der Waals surface area (Å²) >= 11 is 2.25. The Hall–Kier alpha value is -0.620. The van der Waals surface area contributed by atoms with Crippen molar-refractivity contribution in [2.75, 3.05) is 5.32 Å². The summed E-state index contributed by atoms with van der Waals surface area (Å²) in [6.07, 6.45) is 1.19. The van der Waals surface area contributed by atoms with Gasteiger partial charge >= 0.3 is 0 Å². The third-order valence-electron chi connectivity index (χ3n) is 2.43. The molecule has 1 aromatic rings. The lowest BCUT2D eigenvalue weighted by molar-refractivity contribution is -0.116. The van der Waals surface area contributed by atoms with E-state index in [0.717, 1.165) is 15.7 Å². The summed E-state index contributed by atoms with van der Waals surface area (Å²) < 4.78 is 1.15. The van der Waals surface area contributed by atoms with E-state index in [4.69, 9.17) is 5.73 Å². The highest BCUT2D eigenvalue weighted by Gasteiger charge is 2.08. The van der Waals surface area contributed by atoms with Gasteiger partial charge in [-0.2, -0.15) is 0 Å². The van der Waals surface area contributed by atoms with E-state index >= 15 is 0 Å². The molecular formula is C12H17IN2O. The lowest BCUT2D eigenvalue weighted by Crippen LogP contribution is -2.26. The molecule has 0 aliphatic heterocycles. The predicted molar refractivity (Wildman–Crippen MR) is 75.4 cm³/mol. The lowest BCUT2D eigenvalue weighted by atomic mass is 10.1. The molecular weight excluding hydrogens is 315 g/mol. The van der Waals surface area contributed by atoms with E-state index in [0.29, 0.717) is 6.42 Å². The molecule has 0 saturated heterocycles. The molecule has 88 valence electrons. The average Bonchev–Trinajstić information content (AvgIpc) is 2.23. The van der Waals surface area contributed by atoms with Gasteiger partial charge in [-0.3, -0.25) is 4.79 Å². The number of hydrogen-bond donors (Lipinski definition) is 2. The number of nitrogens with two attached hydrogens (primary N) is 1. The van der Waals surface area contributed by atoms with Gasteiger partial charge < -0.3 is 11.1 Å². The molecule has 0 aromatic heterocycles. The Bertz CT molecular complexity index is 379. The second-order valence-electron chi connectivity index (χ2n) is 3.88. The molecule has 1 aromatic carbocycles. The number of carbonyl (C=O) groups excluding carboxylic acids is 1. The highest BCUT2D eigenvalue weighted by Crippen LogP contribution is 2.17. The van der Waals surface area contributed by atoms with Gasteiger partial charge in [0.15, 0.2) is 0 Å². The zero-order valence-corrected chi connectivity index (χ0v) is 11.7. The van der Waals surface area contributed by atoms with E-state index < -0.39 is 0 Å². The number of carbonyl (C=O) groups is 1. The van der Waals surface area contributed by atoms with Crippen molar-refractivity contribution < 1.29 is 4.79 Å². The molecule has 3 nitrogen and oxygen atoms in total. The Labute approximate surface area is 110 Å². The van der Waals surface area contributed by atoms with Crippen LogP contribution in [0.5, 0.6) is 0 Å². The molecule has 0 aliphatic carbocycles. The van der Waals surface area contributed by atoms with Crippen molar-refractivity contribution in [3.05, 3.63) is 27.3 Å². The summed E-state index contributed by atoms with van der Waals surface area (Å²) in [4.78, 5) is 11.6. The second kappa shape index (κ2) is 6.20. The van der Waals surface area contributed by atoms with Crippen LogP contribution in [-0.2, 0) is 4.79 Å². The molecule has 0 saturated carbocycles. The van der Waals surface area contributed by atoms with Gasteiger partial charge in [0.05, 0.1) is 0 Å².